The van der Waals surface area contributed by atoms with Crippen molar-refractivity contribution in [1.82, 2.24) is 4.90 Å². The van der Waals surface area contributed by atoms with Crippen molar-refractivity contribution in [3.05, 3.63) is 29.8 Å². The molecule has 1 heterocycles. The molecule has 1 aromatic carbocycles. The van der Waals surface area contributed by atoms with Crippen molar-refractivity contribution in [3.63, 3.8) is 0 Å². The molecule has 7 heteroatoms. The topological polar surface area (TPSA) is 41.6 Å². The molecule has 0 radical (unpaired) electrons. The van der Waals surface area contributed by atoms with Crippen molar-refractivity contribution in [2.45, 2.75) is 38.4 Å². The highest BCUT2D eigenvalue weighted by Crippen LogP contribution is 2.30. The molecule has 1 N–H and O–H groups in total. The number of hydrogen-bond donors (Lipinski definition) is 1. The molecule has 0 unspecified atom stereocenters. The summed E-state index contributed by atoms with van der Waals surface area (Å²) in [6.07, 6.45) is -1.16. The summed E-state index contributed by atoms with van der Waals surface area (Å²) in [6, 6.07) is 4.16. The fourth-order valence-electron chi connectivity index (χ4n) is 3.14. The lowest BCUT2D eigenvalue weighted by Gasteiger charge is -2.29. The lowest BCUT2D eigenvalue weighted by atomic mass is 10.0. The summed E-state index contributed by atoms with van der Waals surface area (Å²) in [6.45, 7) is 4.12. The van der Waals surface area contributed by atoms with E-state index in [0.717, 1.165) is 44.5 Å². The van der Waals surface area contributed by atoms with Crippen LogP contribution in [0.5, 0.6) is 0 Å². The molecule has 4 nitrogen and oxygen atoms in total. The first-order chi connectivity index (χ1) is 11.8. The third-order valence-corrected chi connectivity index (χ3v) is 4.61. The number of anilines is 1. The molecule has 0 spiro atoms. The van der Waals surface area contributed by atoms with Crippen LogP contribution in [0.15, 0.2) is 24.3 Å². The smallest absolute Gasteiger partial charge is 0.384 e. The van der Waals surface area contributed by atoms with Crippen LogP contribution in [0.4, 0.5) is 18.9 Å². The number of benzene rings is 1. The molecule has 1 aromatic rings. The monoisotopic (exact) mass is 358 g/mol. The molecule has 25 heavy (non-hydrogen) atoms. The standard InChI is InChI=1S/C18H25F3N2O2/c1-13(23-10-4-3-5-14(11-23)12-25-2)17(24)22-16-8-6-15(7-9-16)18(19,20)21/h6-9,13-14H,3-5,10-12H2,1-2H3,(H,22,24)/t13-,14-/m0/s1. The number of amides is 1. The van der Waals surface area contributed by atoms with Crippen molar-refractivity contribution in [2.75, 3.05) is 32.1 Å². The summed E-state index contributed by atoms with van der Waals surface area (Å²) in [5.41, 5.74) is -0.360. The van der Waals surface area contributed by atoms with Gasteiger partial charge in [-0.05, 0) is 56.5 Å². The molecule has 1 aliphatic heterocycles. The van der Waals surface area contributed by atoms with Gasteiger partial charge in [-0.3, -0.25) is 9.69 Å². The fraction of sp³-hybridized carbons (Fsp3) is 0.611. The summed E-state index contributed by atoms with van der Waals surface area (Å²) in [5, 5.41) is 2.71. The Kier molecular flexibility index (Phi) is 6.84. The Hall–Kier alpha value is -1.60. The predicted molar refractivity (Wildman–Crippen MR) is 90.3 cm³/mol. The number of carbonyl (C=O) groups is 1. The summed E-state index contributed by atoms with van der Waals surface area (Å²) in [4.78, 5) is 14.6. The number of ether oxygens (including phenoxy) is 1. The molecule has 140 valence electrons. The molecule has 2 rings (SSSR count). The SMILES string of the molecule is COC[C@H]1CCCCN([C@@H](C)C(=O)Nc2ccc(C(F)(F)F)cc2)C1. The van der Waals surface area contributed by atoms with E-state index < -0.39 is 11.7 Å². The van der Waals surface area contributed by atoms with Gasteiger partial charge >= 0.3 is 6.18 Å². The minimum absolute atomic E-state index is 0.210. The van der Waals surface area contributed by atoms with Gasteiger partial charge in [-0.2, -0.15) is 13.2 Å². The van der Waals surface area contributed by atoms with Crippen LogP contribution in [0.2, 0.25) is 0 Å². The minimum Gasteiger partial charge on any atom is -0.384 e. The molecule has 1 aliphatic rings. The number of likely N-dealkylation sites (tertiary alicyclic amines) is 1. The van der Waals surface area contributed by atoms with Crippen LogP contribution >= 0.6 is 0 Å². The van der Waals surface area contributed by atoms with Crippen molar-refractivity contribution in [1.29, 1.82) is 0 Å². The van der Waals surface area contributed by atoms with Crippen molar-refractivity contribution in [3.8, 4) is 0 Å². The van der Waals surface area contributed by atoms with Crippen molar-refractivity contribution < 1.29 is 22.7 Å². The predicted octanol–water partition coefficient (Wildman–Crippen LogP) is 3.78. The normalized spacial score (nSPS) is 20.8. The first-order valence-electron chi connectivity index (χ1n) is 8.52. The van der Waals surface area contributed by atoms with E-state index in [1.54, 1.807) is 7.11 Å². The van der Waals surface area contributed by atoms with E-state index in [4.69, 9.17) is 4.74 Å². The molecule has 0 saturated carbocycles. The first kappa shape index (κ1) is 19.7. The number of nitrogens with zero attached hydrogens (tertiary/aromatic N) is 1. The van der Waals surface area contributed by atoms with Crippen LogP contribution in [0.3, 0.4) is 0 Å². The van der Waals surface area contributed by atoms with E-state index >= 15 is 0 Å². The Morgan fingerprint density at radius 3 is 2.60 bits per heavy atom. The summed E-state index contributed by atoms with van der Waals surface area (Å²) >= 11 is 0. The van der Waals surface area contributed by atoms with Crippen molar-refractivity contribution in [2.24, 2.45) is 5.92 Å². The van der Waals surface area contributed by atoms with Gasteiger partial charge in [-0.15, -0.1) is 0 Å². The molecular weight excluding hydrogens is 333 g/mol. The fourth-order valence-corrected chi connectivity index (χ4v) is 3.14. The molecule has 0 aromatic heterocycles. The molecule has 1 saturated heterocycles. The molecule has 1 amide bonds. The van der Waals surface area contributed by atoms with E-state index in [9.17, 15) is 18.0 Å². The van der Waals surface area contributed by atoms with Gasteiger partial charge < -0.3 is 10.1 Å². The van der Waals surface area contributed by atoms with Gasteiger partial charge in [0.2, 0.25) is 5.91 Å². The largest absolute Gasteiger partial charge is 0.416 e. The van der Waals surface area contributed by atoms with Gasteiger partial charge in [0, 0.05) is 19.3 Å². The van der Waals surface area contributed by atoms with E-state index in [-0.39, 0.29) is 11.9 Å². The molecule has 1 fully saturated rings. The van der Waals surface area contributed by atoms with Gasteiger partial charge in [0.05, 0.1) is 18.2 Å². The zero-order chi connectivity index (χ0) is 18.4. The average Bonchev–Trinajstić information content (AvgIpc) is 2.80. The van der Waals surface area contributed by atoms with Gasteiger partial charge in [0.15, 0.2) is 0 Å². The zero-order valence-corrected chi connectivity index (χ0v) is 14.6. The third-order valence-electron chi connectivity index (χ3n) is 4.61. The summed E-state index contributed by atoms with van der Waals surface area (Å²) < 4.78 is 43.0. The minimum atomic E-state index is -4.38. The molecule has 2 atom stereocenters. The lowest BCUT2D eigenvalue weighted by Crippen LogP contribution is -2.44. The number of nitrogens with one attached hydrogen (secondary N) is 1. The van der Waals surface area contributed by atoms with E-state index in [1.165, 1.54) is 12.1 Å². The highest BCUT2D eigenvalue weighted by molar-refractivity contribution is 5.94. The maximum atomic E-state index is 12.6. The lowest BCUT2D eigenvalue weighted by molar-refractivity contribution is -0.137. The zero-order valence-electron chi connectivity index (χ0n) is 14.6. The van der Waals surface area contributed by atoms with E-state index in [2.05, 4.69) is 10.2 Å². The Balaban J connectivity index is 1.97. The number of hydrogen-bond acceptors (Lipinski definition) is 3. The van der Waals surface area contributed by atoms with E-state index in [0.29, 0.717) is 18.2 Å². The van der Waals surface area contributed by atoms with Gasteiger partial charge in [-0.25, -0.2) is 0 Å². The third kappa shape index (κ3) is 5.71. The van der Waals surface area contributed by atoms with Crippen LogP contribution in [-0.2, 0) is 15.7 Å². The van der Waals surface area contributed by atoms with Crippen LogP contribution in [0.25, 0.3) is 0 Å². The Morgan fingerprint density at radius 1 is 1.32 bits per heavy atom. The van der Waals surface area contributed by atoms with Crippen LogP contribution in [-0.4, -0.2) is 43.7 Å². The Morgan fingerprint density at radius 2 is 2.00 bits per heavy atom. The number of halogens is 3. The number of rotatable bonds is 5. The molecular formula is C18H25F3N2O2. The van der Waals surface area contributed by atoms with Gasteiger partial charge in [0.1, 0.15) is 0 Å². The quantitative estimate of drug-likeness (QED) is 0.871. The van der Waals surface area contributed by atoms with E-state index in [1.807, 2.05) is 6.92 Å². The summed E-state index contributed by atoms with van der Waals surface area (Å²) in [7, 11) is 1.68. The molecule has 0 bridgehead atoms. The maximum absolute atomic E-state index is 12.6. The highest BCUT2D eigenvalue weighted by Gasteiger charge is 2.30. The Labute approximate surface area is 146 Å². The summed E-state index contributed by atoms with van der Waals surface area (Å²) in [5.74, 6) is 0.187. The van der Waals surface area contributed by atoms with Crippen LogP contribution in [0.1, 0.15) is 31.7 Å². The molecule has 0 aliphatic carbocycles. The number of methoxy groups -OCH3 is 1. The second kappa shape index (κ2) is 8.67. The maximum Gasteiger partial charge on any atom is 0.416 e. The average molecular weight is 358 g/mol. The Bertz CT molecular complexity index is 560. The van der Waals surface area contributed by atoms with Crippen molar-refractivity contribution >= 4 is 11.6 Å². The van der Waals surface area contributed by atoms with Gasteiger partial charge in [0.25, 0.3) is 0 Å². The van der Waals surface area contributed by atoms with Crippen LogP contribution < -0.4 is 5.32 Å². The number of carbonyl (C=O) groups excluding carboxylic acids is 1. The second-order valence-corrected chi connectivity index (χ2v) is 6.55. The van der Waals surface area contributed by atoms with Gasteiger partial charge in [-0.1, -0.05) is 6.42 Å². The first-order valence-corrected chi connectivity index (χ1v) is 8.52. The van der Waals surface area contributed by atoms with Crippen LogP contribution in [0, 0.1) is 5.92 Å². The highest BCUT2D eigenvalue weighted by atomic mass is 19.4. The number of alkyl halides is 3. The second-order valence-electron chi connectivity index (χ2n) is 6.55.